The molecule has 0 aromatic heterocycles. The third-order valence-electron chi connectivity index (χ3n) is 1.80. The third kappa shape index (κ3) is 1.51. The van der Waals surface area contributed by atoms with Crippen LogP contribution in [0.3, 0.4) is 0 Å². The molecule has 0 spiro atoms. The van der Waals surface area contributed by atoms with Gasteiger partial charge in [0.2, 0.25) is 0 Å². The highest BCUT2D eigenvalue weighted by Crippen LogP contribution is 2.18. The highest BCUT2D eigenvalue weighted by Gasteiger charge is 2.18. The molecule has 4 heteroatoms. The molecule has 0 fully saturated rings. The van der Waals surface area contributed by atoms with Gasteiger partial charge in [0.1, 0.15) is 0 Å². The number of ether oxygens (including phenoxy) is 1. The van der Waals surface area contributed by atoms with Crippen LogP contribution in [0.15, 0.2) is 24.3 Å². The zero-order valence-electron chi connectivity index (χ0n) is 6.74. The second-order valence-corrected chi connectivity index (χ2v) is 2.72. The summed E-state index contributed by atoms with van der Waals surface area (Å²) < 4.78 is 4.40. The Morgan fingerprint density at radius 1 is 1.23 bits per heavy atom. The van der Waals surface area contributed by atoms with Crippen molar-refractivity contribution in [3.63, 3.8) is 0 Å². The van der Waals surface area contributed by atoms with Gasteiger partial charge < -0.3 is 4.74 Å². The van der Waals surface area contributed by atoms with E-state index in [1.807, 2.05) is 6.07 Å². The van der Waals surface area contributed by atoms with Crippen molar-refractivity contribution in [3.8, 4) is 0 Å². The molecule has 1 aromatic rings. The molecular formula is C9H7NO3. The van der Waals surface area contributed by atoms with E-state index in [0.717, 1.165) is 5.56 Å². The van der Waals surface area contributed by atoms with Crippen LogP contribution in [0.2, 0.25) is 0 Å². The monoisotopic (exact) mass is 177 g/mol. The molecule has 0 radical (unpaired) electrons. The van der Waals surface area contributed by atoms with Crippen LogP contribution in [0.1, 0.15) is 5.56 Å². The summed E-state index contributed by atoms with van der Waals surface area (Å²) in [4.78, 5) is 21.9. The van der Waals surface area contributed by atoms with Gasteiger partial charge in [-0.3, -0.25) is 10.1 Å². The summed E-state index contributed by atoms with van der Waals surface area (Å²) in [6, 6.07) is 7.11. The first-order chi connectivity index (χ1) is 6.25. The molecule has 1 aliphatic rings. The first-order valence-corrected chi connectivity index (χ1v) is 3.85. The maximum absolute atomic E-state index is 11.0. The molecule has 1 amide bonds. The van der Waals surface area contributed by atoms with Crippen LogP contribution in [-0.2, 0) is 16.0 Å². The van der Waals surface area contributed by atoms with E-state index in [2.05, 4.69) is 10.1 Å². The quantitative estimate of drug-likeness (QED) is 0.480. The summed E-state index contributed by atoms with van der Waals surface area (Å²) in [5.74, 6) is -0.526. The van der Waals surface area contributed by atoms with Crippen molar-refractivity contribution < 1.29 is 14.3 Å². The molecule has 0 atom stereocenters. The molecule has 1 N–H and O–H groups in total. The Morgan fingerprint density at radius 2 is 2.00 bits per heavy atom. The van der Waals surface area contributed by atoms with Gasteiger partial charge in [0.05, 0.1) is 6.42 Å². The molecule has 1 aliphatic heterocycles. The molecular weight excluding hydrogens is 170 g/mol. The Labute approximate surface area is 74.5 Å². The number of esters is 1. The average Bonchev–Trinajstić information content (AvgIpc) is 2.20. The minimum absolute atomic E-state index is 0.134. The number of cyclic esters (lactones) is 2. The summed E-state index contributed by atoms with van der Waals surface area (Å²) in [6.45, 7) is 0. The van der Waals surface area contributed by atoms with Crippen LogP contribution in [-0.4, -0.2) is 12.1 Å². The number of hydrogen-bond donors (Lipinski definition) is 1. The number of carbonyl (C=O) groups excluding carboxylic acids is 2. The number of anilines is 1. The predicted molar refractivity (Wildman–Crippen MR) is 45.3 cm³/mol. The maximum Gasteiger partial charge on any atom is 0.419 e. The van der Waals surface area contributed by atoms with E-state index >= 15 is 0 Å². The van der Waals surface area contributed by atoms with Gasteiger partial charge in [0.25, 0.3) is 0 Å². The highest BCUT2D eigenvalue weighted by molar-refractivity contribution is 5.97. The van der Waals surface area contributed by atoms with E-state index in [1.54, 1.807) is 18.2 Å². The van der Waals surface area contributed by atoms with Gasteiger partial charge in [-0.05, 0) is 11.6 Å². The third-order valence-corrected chi connectivity index (χ3v) is 1.80. The molecule has 0 saturated carbocycles. The van der Waals surface area contributed by atoms with Crippen LogP contribution in [0.5, 0.6) is 0 Å². The number of amides is 1. The zero-order valence-corrected chi connectivity index (χ0v) is 6.74. The smallest absolute Gasteiger partial charge is 0.376 e. The molecule has 0 unspecified atom stereocenters. The lowest BCUT2D eigenvalue weighted by molar-refractivity contribution is -0.135. The first kappa shape index (κ1) is 7.79. The number of para-hydroxylation sites is 1. The van der Waals surface area contributed by atoms with Crippen molar-refractivity contribution in [3.05, 3.63) is 29.8 Å². The van der Waals surface area contributed by atoms with E-state index in [4.69, 9.17) is 0 Å². The summed E-state index contributed by atoms with van der Waals surface area (Å²) in [7, 11) is 0. The Bertz CT molecular complexity index is 338. The molecule has 13 heavy (non-hydrogen) atoms. The van der Waals surface area contributed by atoms with Crippen molar-refractivity contribution in [2.45, 2.75) is 6.42 Å². The molecule has 66 valence electrons. The van der Waals surface area contributed by atoms with Crippen molar-refractivity contribution in [2.75, 3.05) is 5.32 Å². The zero-order chi connectivity index (χ0) is 9.26. The van der Waals surface area contributed by atoms with Crippen LogP contribution >= 0.6 is 0 Å². The predicted octanol–water partition coefficient (Wildman–Crippen LogP) is 1.32. The number of rotatable bonds is 0. The molecule has 2 rings (SSSR count). The number of nitrogens with one attached hydrogen (secondary N) is 1. The fourth-order valence-corrected chi connectivity index (χ4v) is 1.23. The maximum atomic E-state index is 11.0. The van der Waals surface area contributed by atoms with E-state index < -0.39 is 12.1 Å². The summed E-state index contributed by atoms with van der Waals surface area (Å²) in [5, 5.41) is 2.47. The Hall–Kier alpha value is -1.84. The topological polar surface area (TPSA) is 55.4 Å². The van der Waals surface area contributed by atoms with Gasteiger partial charge in [-0.1, -0.05) is 18.2 Å². The lowest BCUT2D eigenvalue weighted by Gasteiger charge is -2.01. The van der Waals surface area contributed by atoms with Gasteiger partial charge in [-0.15, -0.1) is 0 Å². The Kier molecular flexibility index (Phi) is 1.73. The van der Waals surface area contributed by atoms with Gasteiger partial charge in [-0.2, -0.15) is 0 Å². The highest BCUT2D eigenvalue weighted by atomic mass is 16.6. The van der Waals surface area contributed by atoms with Gasteiger partial charge >= 0.3 is 12.1 Å². The van der Waals surface area contributed by atoms with Gasteiger partial charge in [0, 0.05) is 5.69 Å². The molecule has 0 saturated heterocycles. The average molecular weight is 177 g/mol. The molecule has 1 heterocycles. The number of hydrogen-bond acceptors (Lipinski definition) is 3. The molecule has 1 aromatic carbocycles. The molecule has 0 bridgehead atoms. The lowest BCUT2D eigenvalue weighted by atomic mass is 10.1. The number of fused-ring (bicyclic) bond motifs is 1. The van der Waals surface area contributed by atoms with Crippen LogP contribution in [0.25, 0.3) is 0 Å². The fourth-order valence-electron chi connectivity index (χ4n) is 1.23. The summed E-state index contributed by atoms with van der Waals surface area (Å²) in [5.41, 5.74) is 1.41. The fraction of sp³-hybridized carbons (Fsp3) is 0.111. The van der Waals surface area contributed by atoms with Crippen LogP contribution < -0.4 is 5.32 Å². The SMILES string of the molecule is O=C1Cc2ccccc2NC(=O)O1. The van der Waals surface area contributed by atoms with Crippen molar-refractivity contribution in [1.29, 1.82) is 0 Å². The Morgan fingerprint density at radius 3 is 2.85 bits per heavy atom. The van der Waals surface area contributed by atoms with E-state index in [9.17, 15) is 9.59 Å². The number of carbonyl (C=O) groups is 2. The lowest BCUT2D eigenvalue weighted by Crippen LogP contribution is -2.15. The van der Waals surface area contributed by atoms with E-state index in [0.29, 0.717) is 5.69 Å². The van der Waals surface area contributed by atoms with Gasteiger partial charge in [-0.25, -0.2) is 4.79 Å². The molecule has 4 nitrogen and oxygen atoms in total. The Balaban J connectivity index is 2.43. The second-order valence-electron chi connectivity index (χ2n) is 2.72. The van der Waals surface area contributed by atoms with E-state index in [-0.39, 0.29) is 6.42 Å². The minimum Gasteiger partial charge on any atom is -0.376 e. The van der Waals surface area contributed by atoms with Crippen molar-refractivity contribution in [1.82, 2.24) is 0 Å². The summed E-state index contributed by atoms with van der Waals surface area (Å²) >= 11 is 0. The normalized spacial score (nSPS) is 15.4. The van der Waals surface area contributed by atoms with E-state index in [1.165, 1.54) is 0 Å². The molecule has 0 aliphatic carbocycles. The van der Waals surface area contributed by atoms with Gasteiger partial charge in [0.15, 0.2) is 0 Å². The second kappa shape index (κ2) is 2.90. The van der Waals surface area contributed by atoms with Crippen LogP contribution in [0.4, 0.5) is 10.5 Å². The standard InChI is InChI=1S/C9H7NO3/c11-8-5-6-3-1-2-4-7(6)10-9(12)13-8/h1-4H,5H2,(H,10,12). The number of benzene rings is 1. The minimum atomic E-state index is -0.713. The largest absolute Gasteiger partial charge is 0.419 e. The van der Waals surface area contributed by atoms with Crippen LogP contribution in [0, 0.1) is 0 Å². The summed E-state index contributed by atoms with van der Waals surface area (Å²) in [6.07, 6.45) is -0.579. The van der Waals surface area contributed by atoms with Crippen molar-refractivity contribution >= 4 is 17.7 Å². The first-order valence-electron chi connectivity index (χ1n) is 3.85. The van der Waals surface area contributed by atoms with Crippen molar-refractivity contribution in [2.24, 2.45) is 0 Å².